The van der Waals surface area contributed by atoms with Crippen LogP contribution in [0.15, 0.2) is 12.2 Å². The van der Waals surface area contributed by atoms with Crippen molar-refractivity contribution in [2.75, 3.05) is 0 Å². The molecule has 0 spiro atoms. The van der Waals surface area contributed by atoms with Crippen molar-refractivity contribution in [3.8, 4) is 0 Å². The number of allylic oxidation sites excluding steroid dienone is 1. The van der Waals surface area contributed by atoms with Crippen LogP contribution in [0.25, 0.3) is 0 Å². The van der Waals surface area contributed by atoms with E-state index in [4.69, 9.17) is 5.11 Å². The molecule has 0 bridgehead atoms. The maximum absolute atomic E-state index is 11.7. The van der Waals surface area contributed by atoms with Gasteiger partial charge in [0.2, 0.25) is 0 Å². The van der Waals surface area contributed by atoms with Crippen molar-refractivity contribution in [1.29, 1.82) is 0 Å². The van der Waals surface area contributed by atoms with Crippen LogP contribution in [0, 0.1) is 22.2 Å². The number of hydrogen-bond acceptors (Lipinski definition) is 2. The van der Waals surface area contributed by atoms with E-state index in [0.29, 0.717) is 6.42 Å². The molecular formula is C21H38O3. The summed E-state index contributed by atoms with van der Waals surface area (Å²) >= 11 is 0. The van der Waals surface area contributed by atoms with Crippen LogP contribution in [0.2, 0.25) is 0 Å². The molecule has 0 aromatic rings. The summed E-state index contributed by atoms with van der Waals surface area (Å²) in [6.07, 6.45) is 3.41. The Kier molecular flexibility index (Phi) is 7.92. The van der Waals surface area contributed by atoms with Crippen molar-refractivity contribution in [3.63, 3.8) is 0 Å². The molecule has 0 fully saturated rings. The molecule has 24 heavy (non-hydrogen) atoms. The number of ketones is 1. The maximum atomic E-state index is 11.7. The van der Waals surface area contributed by atoms with E-state index in [1.165, 1.54) is 6.92 Å². The molecule has 1 N–H and O–H groups in total. The van der Waals surface area contributed by atoms with Gasteiger partial charge in [-0.05, 0) is 48.9 Å². The second-order valence-electron chi connectivity index (χ2n) is 10.3. The van der Waals surface area contributed by atoms with E-state index >= 15 is 0 Å². The SMILES string of the molecule is C=C(CC(CC(=O)O)C(C)=O)CC(C)(C)CC(C)(C)CC(C)(C)C. The van der Waals surface area contributed by atoms with Crippen LogP contribution in [0.3, 0.4) is 0 Å². The predicted molar refractivity (Wildman–Crippen MR) is 101 cm³/mol. The van der Waals surface area contributed by atoms with Crippen LogP contribution in [-0.2, 0) is 9.59 Å². The van der Waals surface area contributed by atoms with Crippen LogP contribution < -0.4 is 0 Å². The molecule has 0 rings (SSSR count). The van der Waals surface area contributed by atoms with Gasteiger partial charge in [-0.15, -0.1) is 0 Å². The summed E-state index contributed by atoms with van der Waals surface area (Å²) in [7, 11) is 0. The largest absolute Gasteiger partial charge is 0.481 e. The van der Waals surface area contributed by atoms with Gasteiger partial charge in [0.15, 0.2) is 0 Å². The number of hydrogen-bond donors (Lipinski definition) is 1. The van der Waals surface area contributed by atoms with Crippen molar-refractivity contribution >= 4 is 11.8 Å². The molecule has 0 heterocycles. The monoisotopic (exact) mass is 338 g/mol. The van der Waals surface area contributed by atoms with Crippen molar-refractivity contribution in [3.05, 3.63) is 12.2 Å². The molecule has 0 amide bonds. The second kappa shape index (κ2) is 8.31. The topological polar surface area (TPSA) is 54.4 Å². The van der Waals surface area contributed by atoms with Crippen LogP contribution >= 0.6 is 0 Å². The molecule has 0 aromatic carbocycles. The lowest BCUT2D eigenvalue weighted by Gasteiger charge is -2.39. The van der Waals surface area contributed by atoms with Gasteiger partial charge in [0.05, 0.1) is 6.42 Å². The van der Waals surface area contributed by atoms with Gasteiger partial charge in [0.1, 0.15) is 5.78 Å². The molecule has 3 nitrogen and oxygen atoms in total. The fourth-order valence-electron chi connectivity index (χ4n) is 4.52. The van der Waals surface area contributed by atoms with Crippen molar-refractivity contribution in [1.82, 2.24) is 0 Å². The number of carbonyl (C=O) groups excluding carboxylic acids is 1. The van der Waals surface area contributed by atoms with Gasteiger partial charge >= 0.3 is 5.97 Å². The number of aliphatic carboxylic acids is 1. The number of carboxylic acid groups (broad SMARTS) is 1. The molecule has 0 aliphatic carbocycles. The van der Waals surface area contributed by atoms with Gasteiger partial charge in [-0.3, -0.25) is 9.59 Å². The van der Waals surface area contributed by atoms with Crippen molar-refractivity contribution < 1.29 is 14.7 Å². The molecule has 1 atom stereocenters. The zero-order valence-electron chi connectivity index (χ0n) is 17.1. The third-order valence-electron chi connectivity index (χ3n) is 4.23. The van der Waals surface area contributed by atoms with E-state index in [0.717, 1.165) is 24.8 Å². The van der Waals surface area contributed by atoms with Gasteiger partial charge in [-0.1, -0.05) is 60.6 Å². The number of carbonyl (C=O) groups is 2. The Bertz CT molecular complexity index is 464. The average molecular weight is 339 g/mol. The second-order valence-corrected chi connectivity index (χ2v) is 10.3. The highest BCUT2D eigenvalue weighted by Gasteiger charge is 2.33. The van der Waals surface area contributed by atoms with E-state index in [1.807, 2.05) is 0 Å². The van der Waals surface area contributed by atoms with Crippen LogP contribution in [0.5, 0.6) is 0 Å². The summed E-state index contributed by atoms with van der Waals surface area (Å²) in [4.78, 5) is 22.6. The first-order chi connectivity index (χ1) is 10.5. The highest BCUT2D eigenvalue weighted by molar-refractivity contribution is 5.83. The number of carboxylic acids is 1. The highest BCUT2D eigenvalue weighted by atomic mass is 16.4. The van der Waals surface area contributed by atoms with Gasteiger partial charge in [0, 0.05) is 5.92 Å². The Morgan fingerprint density at radius 2 is 1.42 bits per heavy atom. The molecule has 3 heteroatoms. The summed E-state index contributed by atoms with van der Waals surface area (Å²) in [5, 5.41) is 8.96. The number of rotatable bonds is 10. The molecule has 0 aromatic heterocycles. The van der Waals surface area contributed by atoms with Crippen LogP contribution in [-0.4, -0.2) is 16.9 Å². The Morgan fingerprint density at radius 1 is 0.917 bits per heavy atom. The third kappa shape index (κ3) is 10.6. The average Bonchev–Trinajstić information content (AvgIpc) is 2.19. The lowest BCUT2D eigenvalue weighted by Crippen LogP contribution is -2.28. The molecule has 140 valence electrons. The first-order valence-electron chi connectivity index (χ1n) is 8.92. The molecule has 0 aliphatic heterocycles. The molecular weight excluding hydrogens is 300 g/mol. The first kappa shape index (κ1) is 22.9. The zero-order valence-corrected chi connectivity index (χ0v) is 17.1. The minimum atomic E-state index is -0.923. The molecule has 0 saturated carbocycles. The summed E-state index contributed by atoms with van der Waals surface area (Å²) in [5.74, 6) is -1.44. The summed E-state index contributed by atoms with van der Waals surface area (Å²) in [6.45, 7) is 21.5. The molecule has 0 radical (unpaired) electrons. The molecule has 0 saturated heterocycles. The Labute approximate surface area is 148 Å². The lowest BCUT2D eigenvalue weighted by atomic mass is 9.66. The van der Waals surface area contributed by atoms with Crippen molar-refractivity contribution in [2.24, 2.45) is 22.2 Å². The highest BCUT2D eigenvalue weighted by Crippen LogP contribution is 2.44. The Hall–Kier alpha value is -1.12. The minimum Gasteiger partial charge on any atom is -0.481 e. The summed E-state index contributed by atoms with van der Waals surface area (Å²) in [6, 6.07) is 0. The number of Topliss-reactive ketones (excluding diaryl/α,β-unsaturated/α-hetero) is 1. The van der Waals surface area contributed by atoms with Crippen LogP contribution in [0.4, 0.5) is 0 Å². The lowest BCUT2D eigenvalue weighted by molar-refractivity contribution is -0.140. The van der Waals surface area contributed by atoms with E-state index in [1.54, 1.807) is 0 Å². The van der Waals surface area contributed by atoms with Gasteiger partial charge in [0.25, 0.3) is 0 Å². The van der Waals surface area contributed by atoms with Gasteiger partial charge in [-0.25, -0.2) is 0 Å². The fourth-order valence-corrected chi connectivity index (χ4v) is 4.52. The van der Waals surface area contributed by atoms with E-state index < -0.39 is 11.9 Å². The molecule has 0 aliphatic rings. The van der Waals surface area contributed by atoms with E-state index in [2.05, 4.69) is 55.0 Å². The van der Waals surface area contributed by atoms with Crippen LogP contribution in [0.1, 0.15) is 87.5 Å². The quantitative estimate of drug-likeness (QED) is 0.506. The standard InChI is InChI=1S/C21H38O3/c1-15(10-17(16(2)22)11-18(23)24)12-20(6,7)14-21(8,9)13-19(3,4)5/h17H,1,10-14H2,2-9H3,(H,23,24). The van der Waals surface area contributed by atoms with Crippen molar-refractivity contribution in [2.45, 2.75) is 87.5 Å². The first-order valence-corrected chi connectivity index (χ1v) is 8.92. The zero-order chi connectivity index (χ0) is 19.3. The maximum Gasteiger partial charge on any atom is 0.304 e. The third-order valence-corrected chi connectivity index (χ3v) is 4.23. The Balaban J connectivity index is 4.81. The fraction of sp³-hybridized carbons (Fsp3) is 0.810. The van der Waals surface area contributed by atoms with E-state index in [-0.39, 0.29) is 28.4 Å². The molecule has 1 unspecified atom stereocenters. The minimum absolute atomic E-state index is 0.0654. The van der Waals surface area contributed by atoms with E-state index in [9.17, 15) is 9.59 Å². The Morgan fingerprint density at radius 3 is 1.79 bits per heavy atom. The summed E-state index contributed by atoms with van der Waals surface area (Å²) in [5.41, 5.74) is 1.57. The smallest absolute Gasteiger partial charge is 0.304 e. The van der Waals surface area contributed by atoms with Gasteiger partial charge < -0.3 is 5.11 Å². The summed E-state index contributed by atoms with van der Waals surface area (Å²) < 4.78 is 0. The van der Waals surface area contributed by atoms with Gasteiger partial charge in [-0.2, -0.15) is 0 Å². The normalized spacial score (nSPS) is 14.3. The predicted octanol–water partition coefficient (Wildman–Crippen LogP) is 5.88.